The van der Waals surface area contributed by atoms with Crippen molar-refractivity contribution in [3.8, 4) is 0 Å². The minimum absolute atomic E-state index is 0.0380. The number of ether oxygens (including phenoxy) is 1. The summed E-state index contributed by atoms with van der Waals surface area (Å²) in [6, 6.07) is 3.07. The lowest BCUT2D eigenvalue weighted by Gasteiger charge is -2.23. The van der Waals surface area contributed by atoms with Crippen molar-refractivity contribution in [3.05, 3.63) is 29.8 Å². The van der Waals surface area contributed by atoms with Crippen LogP contribution < -0.4 is 9.62 Å². The lowest BCUT2D eigenvalue weighted by molar-refractivity contribution is -0.121. The molecule has 1 saturated heterocycles. The average molecular weight is 362 g/mol. The summed E-state index contributed by atoms with van der Waals surface area (Å²) in [5, 5.41) is 2.64. The Kier molecular flexibility index (Phi) is 6.11. The molecule has 0 aliphatic carbocycles. The van der Waals surface area contributed by atoms with Crippen LogP contribution in [-0.4, -0.2) is 46.4 Å². The van der Waals surface area contributed by atoms with Gasteiger partial charge in [-0.15, -0.1) is 0 Å². The second-order valence-corrected chi connectivity index (χ2v) is 7.50. The van der Waals surface area contributed by atoms with Gasteiger partial charge in [0.05, 0.1) is 12.4 Å². The fraction of sp³-hybridized carbons (Fsp3) is 0.533. The first kappa shape index (κ1) is 18.6. The highest BCUT2D eigenvalue weighted by Crippen LogP contribution is 2.25. The van der Waals surface area contributed by atoms with Gasteiger partial charge in [-0.3, -0.25) is 9.10 Å². The van der Waals surface area contributed by atoms with E-state index in [2.05, 4.69) is 5.32 Å². The van der Waals surface area contributed by atoms with Crippen molar-refractivity contribution in [1.82, 2.24) is 5.32 Å². The van der Waals surface area contributed by atoms with Gasteiger partial charge >= 0.3 is 0 Å². The molecule has 1 atom stereocenters. The van der Waals surface area contributed by atoms with Crippen molar-refractivity contribution in [2.75, 3.05) is 30.3 Å². The molecule has 6 nitrogen and oxygen atoms in total. The van der Waals surface area contributed by atoms with E-state index in [-0.39, 0.29) is 19.1 Å². The van der Waals surface area contributed by atoms with Gasteiger partial charge in [-0.25, -0.2) is 17.2 Å². The zero-order valence-corrected chi connectivity index (χ0v) is 14.1. The van der Waals surface area contributed by atoms with Gasteiger partial charge in [0.2, 0.25) is 15.9 Å². The van der Waals surface area contributed by atoms with Crippen LogP contribution in [0.25, 0.3) is 0 Å². The van der Waals surface area contributed by atoms with E-state index in [0.29, 0.717) is 17.5 Å². The number of hydrogen-bond donors (Lipinski definition) is 1. The van der Waals surface area contributed by atoms with Crippen molar-refractivity contribution in [3.63, 3.8) is 0 Å². The van der Waals surface area contributed by atoms with Gasteiger partial charge < -0.3 is 10.1 Å². The summed E-state index contributed by atoms with van der Waals surface area (Å²) >= 11 is 0. The summed E-state index contributed by atoms with van der Waals surface area (Å²) in [4.78, 5) is 11.9. The van der Waals surface area contributed by atoms with E-state index < -0.39 is 33.3 Å². The van der Waals surface area contributed by atoms with Crippen molar-refractivity contribution in [2.24, 2.45) is 0 Å². The zero-order valence-electron chi connectivity index (χ0n) is 13.3. The van der Waals surface area contributed by atoms with Crippen molar-refractivity contribution >= 4 is 21.6 Å². The molecule has 9 heteroatoms. The van der Waals surface area contributed by atoms with Crippen LogP contribution in [0.5, 0.6) is 0 Å². The first-order valence-corrected chi connectivity index (χ1v) is 9.44. The van der Waals surface area contributed by atoms with E-state index in [1.165, 1.54) is 0 Å². The SMILES string of the molecule is CS(=O)(=O)N(CCC(=O)NCC1CCCO1)c1c(F)cccc1F. The molecule has 0 radical (unpaired) electrons. The molecule has 1 unspecified atom stereocenters. The number of carbonyl (C=O) groups excluding carboxylic acids is 1. The Morgan fingerprint density at radius 3 is 2.58 bits per heavy atom. The van der Waals surface area contributed by atoms with Crippen molar-refractivity contribution in [1.29, 1.82) is 0 Å². The first-order valence-electron chi connectivity index (χ1n) is 7.59. The van der Waals surface area contributed by atoms with Crippen LogP contribution in [0.2, 0.25) is 0 Å². The number of nitrogens with zero attached hydrogens (tertiary/aromatic N) is 1. The molecule has 1 heterocycles. The second kappa shape index (κ2) is 7.89. The largest absolute Gasteiger partial charge is 0.376 e. The van der Waals surface area contributed by atoms with Gasteiger partial charge in [-0.2, -0.15) is 0 Å². The summed E-state index contributed by atoms with van der Waals surface area (Å²) in [5.41, 5.74) is -0.674. The highest BCUT2D eigenvalue weighted by molar-refractivity contribution is 7.92. The number of hydrogen-bond acceptors (Lipinski definition) is 4. The summed E-state index contributed by atoms with van der Waals surface area (Å²) in [7, 11) is -3.94. The molecule has 134 valence electrons. The number of amides is 1. The third-order valence-corrected chi connectivity index (χ3v) is 4.85. The Balaban J connectivity index is 2.01. The Morgan fingerprint density at radius 2 is 2.04 bits per heavy atom. The fourth-order valence-electron chi connectivity index (χ4n) is 2.50. The molecule has 0 saturated carbocycles. The van der Waals surface area contributed by atoms with Crippen molar-refractivity contribution < 1.29 is 26.7 Å². The molecule has 0 bridgehead atoms. The predicted molar refractivity (Wildman–Crippen MR) is 85.1 cm³/mol. The normalized spacial score (nSPS) is 17.7. The number of benzene rings is 1. The molecule has 1 N–H and O–H groups in total. The summed E-state index contributed by atoms with van der Waals surface area (Å²) in [6.07, 6.45) is 2.38. The molecule has 1 aromatic carbocycles. The molecule has 1 aliphatic rings. The van der Waals surface area contributed by atoms with Crippen LogP contribution in [0.4, 0.5) is 14.5 Å². The smallest absolute Gasteiger partial charge is 0.232 e. The molecule has 1 aromatic rings. The Bertz CT molecular complexity index is 670. The van der Waals surface area contributed by atoms with Crippen molar-refractivity contribution in [2.45, 2.75) is 25.4 Å². The van der Waals surface area contributed by atoms with Gasteiger partial charge in [0.15, 0.2) is 11.6 Å². The van der Waals surface area contributed by atoms with Crippen LogP contribution in [-0.2, 0) is 19.6 Å². The number of halogens is 2. The van der Waals surface area contributed by atoms with Crippen LogP contribution in [0, 0.1) is 11.6 Å². The second-order valence-electron chi connectivity index (χ2n) is 5.59. The molecule has 0 aromatic heterocycles. The van der Waals surface area contributed by atoms with E-state index in [1.807, 2.05) is 0 Å². The average Bonchev–Trinajstić information content (AvgIpc) is 3.00. The minimum Gasteiger partial charge on any atom is -0.376 e. The Labute approximate surface area is 139 Å². The van der Waals surface area contributed by atoms with Gasteiger partial charge in [0.25, 0.3) is 0 Å². The maximum Gasteiger partial charge on any atom is 0.232 e. The van der Waals surface area contributed by atoms with Crippen LogP contribution in [0.3, 0.4) is 0 Å². The zero-order chi connectivity index (χ0) is 17.7. The topological polar surface area (TPSA) is 75.7 Å². The lowest BCUT2D eigenvalue weighted by atomic mass is 10.2. The quantitative estimate of drug-likeness (QED) is 0.796. The van der Waals surface area contributed by atoms with Crippen LogP contribution in [0.1, 0.15) is 19.3 Å². The molecular formula is C15H20F2N2O4S. The lowest BCUT2D eigenvalue weighted by Crippen LogP contribution is -2.37. The van der Waals surface area contributed by atoms with Gasteiger partial charge in [0, 0.05) is 26.1 Å². The molecule has 1 amide bonds. The predicted octanol–water partition coefficient (Wildman–Crippen LogP) is 1.42. The molecule has 0 spiro atoms. The molecule has 2 rings (SSSR count). The highest BCUT2D eigenvalue weighted by Gasteiger charge is 2.25. The molecule has 24 heavy (non-hydrogen) atoms. The number of carbonyl (C=O) groups is 1. The van der Waals surface area contributed by atoms with E-state index in [9.17, 15) is 22.0 Å². The standard InChI is InChI=1S/C15H20F2N2O4S/c1-24(21,22)19(15-12(16)5-2-6-13(15)17)8-7-14(20)18-10-11-4-3-9-23-11/h2,5-6,11H,3-4,7-10H2,1H3,(H,18,20). The maximum absolute atomic E-state index is 13.8. The fourth-order valence-corrected chi connectivity index (χ4v) is 3.42. The third-order valence-electron chi connectivity index (χ3n) is 3.68. The summed E-state index contributed by atoms with van der Waals surface area (Å²) in [6.45, 7) is 0.648. The number of sulfonamides is 1. The maximum atomic E-state index is 13.8. The molecular weight excluding hydrogens is 342 g/mol. The Morgan fingerprint density at radius 1 is 1.38 bits per heavy atom. The number of rotatable bonds is 7. The van der Waals surface area contributed by atoms with Crippen LogP contribution >= 0.6 is 0 Å². The third kappa shape index (κ3) is 4.88. The number of nitrogens with one attached hydrogen (secondary N) is 1. The van der Waals surface area contributed by atoms with E-state index in [1.54, 1.807) is 0 Å². The molecule has 1 fully saturated rings. The Hall–Kier alpha value is -1.74. The van der Waals surface area contributed by atoms with Gasteiger partial charge in [-0.1, -0.05) is 6.07 Å². The monoisotopic (exact) mass is 362 g/mol. The highest BCUT2D eigenvalue weighted by atomic mass is 32.2. The van der Waals surface area contributed by atoms with Gasteiger partial charge in [0.1, 0.15) is 5.69 Å². The first-order chi connectivity index (χ1) is 11.3. The van der Waals surface area contributed by atoms with E-state index in [4.69, 9.17) is 4.74 Å². The van der Waals surface area contributed by atoms with Crippen LogP contribution in [0.15, 0.2) is 18.2 Å². The van der Waals surface area contributed by atoms with Gasteiger partial charge in [-0.05, 0) is 25.0 Å². The summed E-state index contributed by atoms with van der Waals surface area (Å²) in [5.74, 6) is -2.41. The summed E-state index contributed by atoms with van der Waals surface area (Å²) < 4.78 is 57.3. The van der Waals surface area contributed by atoms with E-state index >= 15 is 0 Å². The number of anilines is 1. The molecule has 1 aliphatic heterocycles. The van der Waals surface area contributed by atoms with E-state index in [0.717, 1.165) is 37.3 Å². The minimum atomic E-state index is -3.94. The number of para-hydroxylation sites is 1.